The Hall–Kier alpha value is -1.16. The summed E-state index contributed by atoms with van der Waals surface area (Å²) in [6, 6.07) is 0. The van der Waals surface area contributed by atoms with Crippen LogP contribution in [-0.4, -0.2) is 44.1 Å². The molecular formula is C11H18N4O3S2. The van der Waals surface area contributed by atoms with Gasteiger partial charge in [0.25, 0.3) is 10.0 Å². The molecule has 1 unspecified atom stereocenters. The van der Waals surface area contributed by atoms with Crippen molar-refractivity contribution < 1.29 is 13.2 Å². The molecule has 20 heavy (non-hydrogen) atoms. The molecule has 0 aromatic carbocycles. The lowest BCUT2D eigenvalue weighted by molar-refractivity contribution is 0.122. The third-order valence-electron chi connectivity index (χ3n) is 2.78. The van der Waals surface area contributed by atoms with E-state index < -0.39 is 10.0 Å². The fourth-order valence-electron chi connectivity index (χ4n) is 1.68. The Morgan fingerprint density at radius 2 is 2.30 bits per heavy atom. The highest BCUT2D eigenvalue weighted by Gasteiger charge is 2.25. The van der Waals surface area contributed by atoms with Crippen molar-refractivity contribution in [1.29, 1.82) is 0 Å². The summed E-state index contributed by atoms with van der Waals surface area (Å²) in [6.45, 7) is 4.50. The summed E-state index contributed by atoms with van der Waals surface area (Å²) in [4.78, 5) is 4.94. The fourth-order valence-corrected chi connectivity index (χ4v) is 3.82. The highest BCUT2D eigenvalue weighted by atomic mass is 32.2. The zero-order valence-electron chi connectivity index (χ0n) is 11.6. The van der Waals surface area contributed by atoms with Crippen molar-refractivity contribution in [2.75, 3.05) is 25.5 Å². The standard InChI is InChI=1S/C11H18N4O3S2/c1-4-12-9-10(15-5-6-19-11(15)14-9)20(16,17)13-7-8(2)18-3/h5-6,8,12-13H,4,7H2,1-3H3. The Labute approximate surface area is 122 Å². The van der Waals surface area contributed by atoms with Crippen molar-refractivity contribution in [1.82, 2.24) is 14.1 Å². The summed E-state index contributed by atoms with van der Waals surface area (Å²) in [7, 11) is -2.12. The normalized spacial score (nSPS) is 13.8. The second-order valence-electron chi connectivity index (χ2n) is 4.25. The molecule has 112 valence electrons. The van der Waals surface area contributed by atoms with Crippen molar-refractivity contribution in [2.24, 2.45) is 0 Å². The maximum Gasteiger partial charge on any atom is 0.260 e. The van der Waals surface area contributed by atoms with Crippen molar-refractivity contribution in [3.8, 4) is 0 Å². The van der Waals surface area contributed by atoms with Gasteiger partial charge < -0.3 is 10.1 Å². The number of methoxy groups -OCH3 is 1. The van der Waals surface area contributed by atoms with Gasteiger partial charge in [-0.2, -0.15) is 0 Å². The first-order valence-electron chi connectivity index (χ1n) is 6.21. The second kappa shape index (κ2) is 6.08. The highest BCUT2D eigenvalue weighted by molar-refractivity contribution is 7.89. The van der Waals surface area contributed by atoms with E-state index in [2.05, 4.69) is 15.0 Å². The molecule has 0 aliphatic heterocycles. The van der Waals surface area contributed by atoms with Gasteiger partial charge in [-0.05, 0) is 13.8 Å². The van der Waals surface area contributed by atoms with E-state index >= 15 is 0 Å². The Balaban J connectivity index is 2.38. The van der Waals surface area contributed by atoms with Gasteiger partial charge in [0.1, 0.15) is 0 Å². The molecule has 9 heteroatoms. The third-order valence-corrected chi connectivity index (χ3v) is 4.98. The van der Waals surface area contributed by atoms with Crippen molar-refractivity contribution in [3.63, 3.8) is 0 Å². The van der Waals surface area contributed by atoms with Crippen LogP contribution < -0.4 is 10.0 Å². The van der Waals surface area contributed by atoms with E-state index in [1.54, 1.807) is 30.0 Å². The first-order valence-corrected chi connectivity index (χ1v) is 8.57. The first-order chi connectivity index (χ1) is 9.49. The zero-order valence-corrected chi connectivity index (χ0v) is 13.2. The lowest BCUT2D eigenvalue weighted by Crippen LogP contribution is -2.32. The van der Waals surface area contributed by atoms with E-state index in [1.165, 1.54) is 11.3 Å². The Bertz CT molecular complexity index is 677. The first kappa shape index (κ1) is 15.2. The Morgan fingerprint density at radius 3 is 2.95 bits per heavy atom. The highest BCUT2D eigenvalue weighted by Crippen LogP contribution is 2.25. The van der Waals surface area contributed by atoms with Crippen LogP contribution in [0.3, 0.4) is 0 Å². The van der Waals surface area contributed by atoms with Crippen molar-refractivity contribution >= 4 is 32.1 Å². The van der Waals surface area contributed by atoms with Gasteiger partial charge in [-0.1, -0.05) is 0 Å². The molecule has 0 fully saturated rings. The number of nitrogens with zero attached hydrogens (tertiary/aromatic N) is 2. The van der Waals surface area contributed by atoms with Gasteiger partial charge in [0.05, 0.1) is 6.10 Å². The van der Waals surface area contributed by atoms with E-state index in [9.17, 15) is 8.42 Å². The summed E-state index contributed by atoms with van der Waals surface area (Å²) >= 11 is 1.39. The van der Waals surface area contributed by atoms with Gasteiger partial charge in [0, 0.05) is 31.8 Å². The number of anilines is 1. The monoisotopic (exact) mass is 318 g/mol. The van der Waals surface area contributed by atoms with E-state index in [-0.39, 0.29) is 17.7 Å². The van der Waals surface area contributed by atoms with Gasteiger partial charge in [-0.3, -0.25) is 4.40 Å². The van der Waals surface area contributed by atoms with Crippen LogP contribution >= 0.6 is 11.3 Å². The molecule has 2 rings (SSSR count). The summed E-state index contributed by atoms with van der Waals surface area (Å²) in [5, 5.41) is 4.92. The molecule has 0 radical (unpaired) electrons. The van der Waals surface area contributed by atoms with Crippen LogP contribution in [0.1, 0.15) is 13.8 Å². The maximum absolute atomic E-state index is 12.5. The minimum absolute atomic E-state index is 0.138. The van der Waals surface area contributed by atoms with Crippen LogP contribution in [0.15, 0.2) is 16.6 Å². The topological polar surface area (TPSA) is 84.7 Å². The summed E-state index contributed by atoms with van der Waals surface area (Å²) < 4.78 is 34.1. The van der Waals surface area contributed by atoms with E-state index in [0.29, 0.717) is 17.3 Å². The van der Waals surface area contributed by atoms with E-state index in [4.69, 9.17) is 4.74 Å². The molecule has 2 aromatic heterocycles. The molecule has 7 nitrogen and oxygen atoms in total. The molecule has 2 N–H and O–H groups in total. The molecule has 0 bridgehead atoms. The Kier molecular flexibility index (Phi) is 4.63. The number of ether oxygens (including phenoxy) is 1. The molecular weight excluding hydrogens is 300 g/mol. The molecule has 2 aromatic rings. The zero-order chi connectivity index (χ0) is 14.8. The smallest absolute Gasteiger partial charge is 0.260 e. The van der Waals surface area contributed by atoms with E-state index in [1.807, 2.05) is 6.92 Å². The number of aromatic nitrogens is 2. The summed E-state index contributed by atoms with van der Waals surface area (Å²) in [5.41, 5.74) is 0. The van der Waals surface area contributed by atoms with Crippen LogP contribution in [0.4, 0.5) is 5.82 Å². The Morgan fingerprint density at radius 1 is 1.55 bits per heavy atom. The molecule has 2 heterocycles. The number of fused-ring (bicyclic) bond motifs is 1. The van der Waals surface area contributed by atoms with Crippen molar-refractivity contribution in [2.45, 2.75) is 25.0 Å². The predicted molar refractivity (Wildman–Crippen MR) is 78.9 cm³/mol. The number of rotatable bonds is 7. The second-order valence-corrected chi connectivity index (χ2v) is 6.80. The fraction of sp³-hybridized carbons (Fsp3) is 0.545. The number of nitrogens with one attached hydrogen (secondary N) is 2. The van der Waals surface area contributed by atoms with Gasteiger partial charge >= 0.3 is 0 Å². The number of imidazole rings is 1. The van der Waals surface area contributed by atoms with Crippen molar-refractivity contribution in [3.05, 3.63) is 11.6 Å². The third kappa shape index (κ3) is 2.95. The number of sulfonamides is 1. The van der Waals surface area contributed by atoms with Gasteiger partial charge in [0.15, 0.2) is 15.8 Å². The molecule has 0 amide bonds. The van der Waals surface area contributed by atoms with E-state index in [0.717, 1.165) is 0 Å². The minimum atomic E-state index is -3.66. The molecule has 0 saturated carbocycles. The van der Waals surface area contributed by atoms with Crippen LogP contribution in [0.2, 0.25) is 0 Å². The summed E-state index contributed by atoms with van der Waals surface area (Å²) in [6.07, 6.45) is 1.50. The molecule has 0 spiro atoms. The van der Waals surface area contributed by atoms with Crippen LogP contribution in [0.25, 0.3) is 4.96 Å². The van der Waals surface area contributed by atoms with Crippen LogP contribution in [0, 0.1) is 0 Å². The van der Waals surface area contributed by atoms with Crippen LogP contribution in [0.5, 0.6) is 0 Å². The maximum atomic E-state index is 12.5. The van der Waals surface area contributed by atoms with Gasteiger partial charge in [-0.25, -0.2) is 18.1 Å². The van der Waals surface area contributed by atoms with Gasteiger partial charge in [0.2, 0.25) is 0 Å². The predicted octanol–water partition coefficient (Wildman–Crippen LogP) is 1.14. The average molecular weight is 318 g/mol. The lowest BCUT2D eigenvalue weighted by atomic mass is 10.4. The quantitative estimate of drug-likeness (QED) is 0.800. The molecule has 0 aliphatic rings. The average Bonchev–Trinajstić information content (AvgIpc) is 2.96. The number of hydrogen-bond donors (Lipinski definition) is 2. The molecule has 0 aliphatic carbocycles. The summed E-state index contributed by atoms with van der Waals surface area (Å²) in [5.74, 6) is 0.372. The number of hydrogen-bond acceptors (Lipinski definition) is 6. The van der Waals surface area contributed by atoms with Crippen LogP contribution in [-0.2, 0) is 14.8 Å². The largest absolute Gasteiger partial charge is 0.380 e. The molecule has 1 atom stereocenters. The molecule has 0 saturated heterocycles. The minimum Gasteiger partial charge on any atom is -0.380 e. The number of thiazole rings is 1. The lowest BCUT2D eigenvalue weighted by Gasteiger charge is -2.12. The van der Waals surface area contributed by atoms with Gasteiger partial charge in [-0.15, -0.1) is 11.3 Å². The SMILES string of the molecule is CCNc1nc2sccn2c1S(=O)(=O)NCC(C)OC.